The fourth-order valence-corrected chi connectivity index (χ4v) is 4.75. The molecule has 150 valence electrons. The van der Waals surface area contributed by atoms with Gasteiger partial charge >= 0.3 is 0 Å². The van der Waals surface area contributed by atoms with Gasteiger partial charge in [-0.15, -0.1) is 0 Å². The number of carbonyl (C=O) groups is 1. The molecule has 2 aromatic rings. The van der Waals surface area contributed by atoms with Crippen molar-refractivity contribution in [1.82, 2.24) is 9.88 Å². The predicted molar refractivity (Wildman–Crippen MR) is 114 cm³/mol. The molecule has 1 saturated heterocycles. The number of hydrogen-bond acceptors (Lipinski definition) is 3. The van der Waals surface area contributed by atoms with E-state index in [1.165, 1.54) is 32.1 Å². The van der Waals surface area contributed by atoms with Gasteiger partial charge in [0.1, 0.15) is 0 Å². The van der Waals surface area contributed by atoms with E-state index in [-0.39, 0.29) is 11.5 Å². The third-order valence-corrected chi connectivity index (χ3v) is 6.32. The lowest BCUT2D eigenvalue weighted by atomic mass is 9.96. The van der Waals surface area contributed by atoms with Gasteiger partial charge in [-0.25, -0.2) is 0 Å². The Balaban J connectivity index is 1.50. The Morgan fingerprint density at radius 3 is 2.61 bits per heavy atom. The first-order chi connectivity index (χ1) is 13.7. The third-order valence-electron chi connectivity index (χ3n) is 6.32. The van der Waals surface area contributed by atoms with Crippen molar-refractivity contribution < 1.29 is 4.79 Å². The Hall–Kier alpha value is -2.14. The predicted octanol–water partition coefficient (Wildman–Crippen LogP) is 4.05. The van der Waals surface area contributed by atoms with Gasteiger partial charge in [0.05, 0.1) is 0 Å². The number of benzene rings is 1. The number of anilines is 1. The lowest BCUT2D eigenvalue weighted by Gasteiger charge is -2.16. The minimum absolute atomic E-state index is 0.0195. The highest BCUT2D eigenvalue weighted by molar-refractivity contribution is 6.01. The van der Waals surface area contributed by atoms with E-state index in [1.807, 2.05) is 30.5 Å². The molecule has 0 unspecified atom stereocenters. The van der Waals surface area contributed by atoms with E-state index in [2.05, 4.69) is 10.6 Å². The Morgan fingerprint density at radius 2 is 1.86 bits per heavy atom. The quantitative estimate of drug-likeness (QED) is 0.768. The van der Waals surface area contributed by atoms with Crippen LogP contribution in [0.15, 0.2) is 35.3 Å². The summed E-state index contributed by atoms with van der Waals surface area (Å²) in [5.41, 5.74) is 0.769. The molecule has 5 heteroatoms. The number of amides is 1. The minimum Gasteiger partial charge on any atom is -0.326 e. The Kier molecular flexibility index (Phi) is 6.10. The van der Waals surface area contributed by atoms with Crippen molar-refractivity contribution in [2.75, 3.05) is 11.9 Å². The highest BCUT2D eigenvalue weighted by Crippen LogP contribution is 2.27. The number of rotatable bonds is 5. The van der Waals surface area contributed by atoms with Gasteiger partial charge in [-0.3, -0.25) is 9.59 Å². The zero-order valence-corrected chi connectivity index (χ0v) is 16.6. The van der Waals surface area contributed by atoms with Crippen LogP contribution in [-0.4, -0.2) is 23.1 Å². The number of carbonyl (C=O) groups excluding carboxylic acids is 1. The average molecular weight is 382 g/mol. The van der Waals surface area contributed by atoms with Crippen LogP contribution in [0, 0.1) is 5.92 Å². The number of aromatic nitrogens is 1. The van der Waals surface area contributed by atoms with Gasteiger partial charge in [-0.1, -0.05) is 31.7 Å². The highest BCUT2D eigenvalue weighted by Gasteiger charge is 2.18. The van der Waals surface area contributed by atoms with Gasteiger partial charge in [-0.2, -0.15) is 0 Å². The summed E-state index contributed by atoms with van der Waals surface area (Å²) < 4.78 is 1.79. The van der Waals surface area contributed by atoms with Gasteiger partial charge in [0.2, 0.25) is 5.91 Å². The first-order valence-corrected chi connectivity index (χ1v) is 10.9. The van der Waals surface area contributed by atoms with Crippen LogP contribution >= 0.6 is 0 Å². The van der Waals surface area contributed by atoms with Crippen LogP contribution in [0.4, 0.5) is 5.69 Å². The summed E-state index contributed by atoms with van der Waals surface area (Å²) in [4.78, 5) is 25.5. The summed E-state index contributed by atoms with van der Waals surface area (Å²) in [5, 5.41) is 8.02. The molecule has 0 bridgehead atoms. The van der Waals surface area contributed by atoms with Crippen molar-refractivity contribution in [2.45, 2.75) is 70.4 Å². The summed E-state index contributed by atoms with van der Waals surface area (Å²) in [7, 11) is 0. The fourth-order valence-electron chi connectivity index (χ4n) is 4.75. The van der Waals surface area contributed by atoms with Crippen molar-refractivity contribution >= 4 is 22.4 Å². The molecule has 4 rings (SSSR count). The van der Waals surface area contributed by atoms with Crippen molar-refractivity contribution in [3.63, 3.8) is 0 Å². The molecule has 0 radical (unpaired) electrons. The van der Waals surface area contributed by atoms with E-state index in [9.17, 15) is 9.59 Å². The summed E-state index contributed by atoms with van der Waals surface area (Å²) in [6, 6.07) is 7.96. The van der Waals surface area contributed by atoms with Gasteiger partial charge in [0, 0.05) is 41.7 Å². The van der Waals surface area contributed by atoms with Gasteiger partial charge in [-0.05, 0) is 56.3 Å². The Morgan fingerprint density at radius 1 is 1.04 bits per heavy atom. The smallest absolute Gasteiger partial charge is 0.258 e. The largest absolute Gasteiger partial charge is 0.326 e. The average Bonchev–Trinajstić information content (AvgIpc) is 3.07. The summed E-state index contributed by atoms with van der Waals surface area (Å²) in [6.45, 7) is 1.73. The monoisotopic (exact) mass is 381 g/mol. The molecule has 2 fully saturated rings. The van der Waals surface area contributed by atoms with E-state index >= 15 is 0 Å². The number of hydrogen-bond donors (Lipinski definition) is 2. The normalized spacial score (nSPS) is 20.9. The van der Waals surface area contributed by atoms with Crippen molar-refractivity contribution in [1.29, 1.82) is 0 Å². The lowest BCUT2D eigenvalue weighted by Crippen LogP contribution is -2.32. The van der Waals surface area contributed by atoms with Crippen molar-refractivity contribution in [3.05, 3.63) is 40.8 Å². The molecule has 0 spiro atoms. The van der Waals surface area contributed by atoms with Crippen molar-refractivity contribution in [2.24, 2.45) is 5.92 Å². The van der Waals surface area contributed by atoms with Crippen LogP contribution in [0.1, 0.15) is 57.8 Å². The zero-order chi connectivity index (χ0) is 19.3. The molecular weight excluding hydrogens is 350 g/mol. The summed E-state index contributed by atoms with van der Waals surface area (Å²) >= 11 is 0. The zero-order valence-electron chi connectivity index (χ0n) is 16.6. The molecule has 1 atom stereocenters. The maximum Gasteiger partial charge on any atom is 0.258 e. The Labute approximate surface area is 166 Å². The second-order valence-corrected chi connectivity index (χ2v) is 8.44. The minimum atomic E-state index is 0.0195. The number of nitrogens with zero attached hydrogens (tertiary/aromatic N) is 1. The van der Waals surface area contributed by atoms with Crippen LogP contribution in [0.2, 0.25) is 0 Å². The van der Waals surface area contributed by atoms with Crippen molar-refractivity contribution in [3.8, 4) is 0 Å². The van der Waals surface area contributed by atoms with Gasteiger partial charge < -0.3 is 15.2 Å². The molecule has 5 nitrogen and oxygen atoms in total. The fraction of sp³-hybridized carbons (Fsp3) is 0.565. The molecule has 1 aromatic carbocycles. The summed E-state index contributed by atoms with van der Waals surface area (Å²) in [5.74, 6) is 0.562. The molecule has 2 aliphatic rings. The third kappa shape index (κ3) is 4.46. The van der Waals surface area contributed by atoms with Crippen LogP contribution in [0.25, 0.3) is 10.8 Å². The maximum atomic E-state index is 12.9. The first-order valence-electron chi connectivity index (χ1n) is 10.9. The number of pyridine rings is 1. The number of nitrogens with one attached hydrogen (secondary N) is 2. The standard InChI is InChI=1S/C23H31N3O2/c27-22(15-17-7-3-1-2-4-8-17)25-21-11-5-10-20-19(21)12-14-26(23(20)28)16-18-9-6-13-24-18/h5,10-12,14,17-18,24H,1-4,6-9,13,15-16H2,(H,25,27)/t18-/m0/s1. The van der Waals surface area contributed by atoms with Crippen LogP contribution in [0.3, 0.4) is 0 Å². The molecule has 1 saturated carbocycles. The lowest BCUT2D eigenvalue weighted by molar-refractivity contribution is -0.117. The van der Waals surface area contributed by atoms with E-state index in [4.69, 9.17) is 0 Å². The summed E-state index contributed by atoms with van der Waals surface area (Å²) in [6.07, 6.45) is 12.1. The molecule has 1 aliphatic carbocycles. The van der Waals surface area contributed by atoms with Gasteiger partial charge in [0.15, 0.2) is 0 Å². The SMILES string of the molecule is O=C(CC1CCCCCC1)Nc1cccc2c(=O)n(C[C@@H]3CCCN3)ccc12. The van der Waals surface area contributed by atoms with E-state index in [1.54, 1.807) is 4.57 Å². The van der Waals surface area contributed by atoms with Crippen LogP contribution in [-0.2, 0) is 11.3 Å². The second-order valence-electron chi connectivity index (χ2n) is 8.44. The number of fused-ring (bicyclic) bond motifs is 1. The van der Waals surface area contributed by atoms with E-state index in [0.29, 0.717) is 30.3 Å². The van der Waals surface area contributed by atoms with E-state index in [0.717, 1.165) is 36.9 Å². The molecular formula is C23H31N3O2. The topological polar surface area (TPSA) is 63.1 Å². The highest BCUT2D eigenvalue weighted by atomic mass is 16.1. The molecule has 2 N–H and O–H groups in total. The first kappa shape index (κ1) is 19.2. The molecule has 1 amide bonds. The molecule has 1 aliphatic heterocycles. The molecule has 2 heterocycles. The Bertz CT molecular complexity index is 875. The molecule has 1 aromatic heterocycles. The second kappa shape index (κ2) is 8.91. The van der Waals surface area contributed by atoms with Crippen LogP contribution in [0.5, 0.6) is 0 Å². The van der Waals surface area contributed by atoms with Crippen LogP contribution < -0.4 is 16.2 Å². The maximum absolute atomic E-state index is 12.9. The molecule has 28 heavy (non-hydrogen) atoms. The van der Waals surface area contributed by atoms with Gasteiger partial charge in [0.25, 0.3) is 5.56 Å². The van der Waals surface area contributed by atoms with E-state index < -0.39 is 0 Å².